The summed E-state index contributed by atoms with van der Waals surface area (Å²) in [6.07, 6.45) is 11.1. The fourth-order valence-corrected chi connectivity index (χ4v) is 4.23. The first-order valence-electron chi connectivity index (χ1n) is 9.86. The number of hydrogen-bond donors (Lipinski definition) is 1. The average Bonchev–Trinajstić information content (AvgIpc) is 3.23. The van der Waals surface area contributed by atoms with Gasteiger partial charge in [-0.15, -0.1) is 0 Å². The Morgan fingerprint density at radius 2 is 1.88 bits per heavy atom. The number of Topliss-reactive ketones (excluding diaryl/α,β-unsaturated/α-hetero) is 1. The molecule has 2 atom stereocenters. The molecule has 0 aromatic rings. The van der Waals surface area contributed by atoms with Gasteiger partial charge in [-0.1, -0.05) is 38.3 Å². The maximum atomic E-state index is 12.7. The molecule has 2 unspecified atom stereocenters. The van der Waals surface area contributed by atoms with E-state index in [-0.39, 0.29) is 29.8 Å². The minimum atomic E-state index is -3.13. The Balaban J connectivity index is 2.55. The van der Waals surface area contributed by atoms with E-state index in [2.05, 4.69) is 18.3 Å². The molecule has 1 rings (SSSR count). The van der Waals surface area contributed by atoms with E-state index in [0.717, 1.165) is 12.8 Å². The van der Waals surface area contributed by atoms with Crippen molar-refractivity contribution in [3.8, 4) is 0 Å². The smallest absolute Gasteiger partial charge is 0.217 e. The van der Waals surface area contributed by atoms with Crippen molar-refractivity contribution in [2.45, 2.75) is 89.9 Å². The number of unbranched alkanes of at least 4 members (excludes halogenated alkanes) is 4. The van der Waals surface area contributed by atoms with Gasteiger partial charge in [0.05, 0.1) is 11.0 Å². The summed E-state index contributed by atoms with van der Waals surface area (Å²) in [4.78, 5) is 24.2. The monoisotopic (exact) mass is 385 g/mol. The standard InChI is InChI=1S/C20H35NO4S/c1-5-6-7-8-9-10-12-18-15-20(18,21-17(4)22)19(23)13-11-14-26(24,25)16(2)3/h10,12,16,18H,5-9,11,13-15H2,1-4H3,(H,21,22). The van der Waals surface area contributed by atoms with Crippen molar-refractivity contribution >= 4 is 21.5 Å². The van der Waals surface area contributed by atoms with E-state index in [1.807, 2.05) is 6.08 Å². The van der Waals surface area contributed by atoms with Gasteiger partial charge in [-0.05, 0) is 39.5 Å². The molecule has 0 bridgehead atoms. The molecule has 0 radical (unpaired) electrons. The van der Waals surface area contributed by atoms with Crippen molar-refractivity contribution in [2.24, 2.45) is 5.92 Å². The number of hydrogen-bond acceptors (Lipinski definition) is 4. The summed E-state index contributed by atoms with van der Waals surface area (Å²) in [5.74, 6) is -0.212. The maximum absolute atomic E-state index is 12.7. The molecule has 1 saturated carbocycles. The predicted molar refractivity (Wildman–Crippen MR) is 106 cm³/mol. The minimum Gasteiger partial charge on any atom is -0.343 e. The fourth-order valence-electron chi connectivity index (χ4n) is 3.21. The van der Waals surface area contributed by atoms with E-state index in [1.54, 1.807) is 13.8 Å². The molecule has 0 aromatic carbocycles. The van der Waals surface area contributed by atoms with E-state index in [0.29, 0.717) is 12.8 Å². The SMILES string of the molecule is CCCCCCC=CC1CC1(NC(C)=O)C(=O)CCCS(=O)(=O)C(C)C. The van der Waals surface area contributed by atoms with Crippen molar-refractivity contribution in [3.05, 3.63) is 12.2 Å². The number of sulfone groups is 1. The summed E-state index contributed by atoms with van der Waals surface area (Å²) in [5.41, 5.74) is -0.812. The Morgan fingerprint density at radius 1 is 1.19 bits per heavy atom. The van der Waals surface area contributed by atoms with Gasteiger partial charge in [0.15, 0.2) is 15.6 Å². The quantitative estimate of drug-likeness (QED) is 0.388. The largest absolute Gasteiger partial charge is 0.343 e. The van der Waals surface area contributed by atoms with Gasteiger partial charge >= 0.3 is 0 Å². The normalized spacial score (nSPS) is 22.7. The van der Waals surface area contributed by atoms with Gasteiger partial charge in [-0.25, -0.2) is 8.42 Å². The average molecular weight is 386 g/mol. The molecule has 1 fully saturated rings. The third-order valence-electron chi connectivity index (χ3n) is 5.06. The van der Waals surface area contributed by atoms with Crippen LogP contribution in [0.5, 0.6) is 0 Å². The van der Waals surface area contributed by atoms with Crippen LogP contribution in [0.2, 0.25) is 0 Å². The molecule has 26 heavy (non-hydrogen) atoms. The summed E-state index contributed by atoms with van der Waals surface area (Å²) in [5, 5.41) is 2.40. The molecule has 5 nitrogen and oxygen atoms in total. The topological polar surface area (TPSA) is 80.3 Å². The number of amides is 1. The Morgan fingerprint density at radius 3 is 2.46 bits per heavy atom. The van der Waals surface area contributed by atoms with Gasteiger partial charge in [0.1, 0.15) is 5.54 Å². The molecule has 0 aromatic heterocycles. The van der Waals surface area contributed by atoms with E-state index < -0.39 is 20.6 Å². The Hall–Kier alpha value is -1.17. The van der Waals surface area contributed by atoms with E-state index >= 15 is 0 Å². The van der Waals surface area contributed by atoms with Crippen molar-refractivity contribution in [2.75, 3.05) is 5.75 Å². The lowest BCUT2D eigenvalue weighted by Gasteiger charge is -2.17. The highest BCUT2D eigenvalue weighted by Crippen LogP contribution is 2.46. The number of nitrogens with one attached hydrogen (secondary N) is 1. The van der Waals surface area contributed by atoms with Crippen LogP contribution in [0.15, 0.2) is 12.2 Å². The van der Waals surface area contributed by atoms with Crippen LogP contribution in [0, 0.1) is 5.92 Å². The van der Waals surface area contributed by atoms with Crippen LogP contribution in [0.4, 0.5) is 0 Å². The molecule has 0 saturated heterocycles. The van der Waals surface area contributed by atoms with Crippen LogP contribution < -0.4 is 5.32 Å². The second kappa shape index (κ2) is 10.2. The van der Waals surface area contributed by atoms with Crippen molar-refractivity contribution < 1.29 is 18.0 Å². The lowest BCUT2D eigenvalue weighted by atomic mass is 10.0. The molecule has 0 heterocycles. The van der Waals surface area contributed by atoms with Gasteiger partial charge in [0.25, 0.3) is 0 Å². The third-order valence-corrected chi connectivity index (χ3v) is 7.35. The highest BCUT2D eigenvalue weighted by Gasteiger charge is 2.58. The van der Waals surface area contributed by atoms with Gasteiger partial charge in [0, 0.05) is 19.3 Å². The van der Waals surface area contributed by atoms with Crippen LogP contribution >= 0.6 is 0 Å². The van der Waals surface area contributed by atoms with E-state index in [9.17, 15) is 18.0 Å². The molecule has 1 amide bonds. The maximum Gasteiger partial charge on any atom is 0.217 e. The summed E-state index contributed by atoms with van der Waals surface area (Å²) in [6.45, 7) is 6.90. The van der Waals surface area contributed by atoms with Crippen LogP contribution in [0.3, 0.4) is 0 Å². The van der Waals surface area contributed by atoms with Crippen LogP contribution in [-0.2, 0) is 19.4 Å². The Labute approximate surface area is 158 Å². The lowest BCUT2D eigenvalue weighted by Crippen LogP contribution is -2.44. The zero-order valence-electron chi connectivity index (χ0n) is 16.7. The second-order valence-corrected chi connectivity index (χ2v) is 10.4. The fraction of sp³-hybridized carbons (Fsp3) is 0.800. The number of ketones is 1. The molecule has 6 heteroatoms. The van der Waals surface area contributed by atoms with Gasteiger partial charge < -0.3 is 5.32 Å². The predicted octanol–water partition coefficient (Wildman–Crippen LogP) is 3.58. The van der Waals surface area contributed by atoms with Crippen LogP contribution in [0.25, 0.3) is 0 Å². The number of carbonyl (C=O) groups is 2. The Bertz CT molecular complexity index is 609. The summed E-state index contributed by atoms with van der Waals surface area (Å²) < 4.78 is 23.8. The molecular weight excluding hydrogens is 350 g/mol. The summed E-state index contributed by atoms with van der Waals surface area (Å²) >= 11 is 0. The number of rotatable bonds is 13. The van der Waals surface area contributed by atoms with Gasteiger partial charge in [0.2, 0.25) is 5.91 Å². The highest BCUT2D eigenvalue weighted by molar-refractivity contribution is 7.91. The molecular formula is C20H35NO4S. The van der Waals surface area contributed by atoms with Gasteiger partial charge in [-0.2, -0.15) is 0 Å². The third kappa shape index (κ3) is 6.86. The zero-order valence-corrected chi connectivity index (χ0v) is 17.5. The second-order valence-electron chi connectivity index (χ2n) is 7.68. The summed E-state index contributed by atoms with van der Waals surface area (Å²) in [6, 6.07) is 0. The molecule has 0 aliphatic heterocycles. The van der Waals surface area contributed by atoms with E-state index in [1.165, 1.54) is 26.2 Å². The lowest BCUT2D eigenvalue weighted by molar-refractivity contribution is -0.128. The molecule has 150 valence electrons. The minimum absolute atomic E-state index is 0.0183. The van der Waals surface area contributed by atoms with Crippen LogP contribution in [0.1, 0.15) is 79.1 Å². The van der Waals surface area contributed by atoms with Crippen molar-refractivity contribution in [1.82, 2.24) is 5.32 Å². The molecule has 0 spiro atoms. The molecule has 1 aliphatic carbocycles. The van der Waals surface area contributed by atoms with Gasteiger partial charge in [-0.3, -0.25) is 9.59 Å². The van der Waals surface area contributed by atoms with Crippen LogP contribution in [-0.4, -0.2) is 36.6 Å². The highest BCUT2D eigenvalue weighted by atomic mass is 32.2. The Kier molecular flexibility index (Phi) is 9.01. The van der Waals surface area contributed by atoms with E-state index in [4.69, 9.17) is 0 Å². The first-order valence-corrected chi connectivity index (χ1v) is 11.6. The molecule has 1 N–H and O–H groups in total. The number of carbonyl (C=O) groups excluding carboxylic acids is 2. The number of allylic oxidation sites excluding steroid dienone is 1. The summed E-state index contributed by atoms with van der Waals surface area (Å²) in [7, 11) is -3.13. The van der Waals surface area contributed by atoms with Crippen molar-refractivity contribution in [3.63, 3.8) is 0 Å². The zero-order chi connectivity index (χ0) is 19.8. The molecule has 1 aliphatic rings. The van der Waals surface area contributed by atoms with Crippen molar-refractivity contribution in [1.29, 1.82) is 0 Å². The first-order chi connectivity index (χ1) is 12.2. The first kappa shape index (κ1) is 22.9.